The van der Waals surface area contributed by atoms with Crippen molar-refractivity contribution >= 4 is 27.7 Å². The standard InChI is InChI=1S/C11H9BrO3/c12-8-3-1-7(2-4-8)11(14)9-5-6-10(13)15-9/h1-4,9H,5-6H2. The summed E-state index contributed by atoms with van der Waals surface area (Å²) in [6.07, 6.45) is 0.249. The molecule has 0 saturated carbocycles. The zero-order valence-corrected chi connectivity index (χ0v) is 9.49. The average molecular weight is 269 g/mol. The van der Waals surface area contributed by atoms with Crippen LogP contribution in [-0.2, 0) is 9.53 Å². The lowest BCUT2D eigenvalue weighted by Gasteiger charge is -2.07. The van der Waals surface area contributed by atoms with Crippen molar-refractivity contribution in [1.82, 2.24) is 0 Å². The SMILES string of the molecule is O=C1CCC(C(=O)c2ccc(Br)cc2)O1. The highest BCUT2D eigenvalue weighted by Crippen LogP contribution is 2.19. The van der Waals surface area contributed by atoms with E-state index in [0.29, 0.717) is 18.4 Å². The maximum Gasteiger partial charge on any atom is 0.306 e. The van der Waals surface area contributed by atoms with Gasteiger partial charge in [0.25, 0.3) is 0 Å². The lowest BCUT2D eigenvalue weighted by molar-refractivity contribution is -0.140. The van der Waals surface area contributed by atoms with Gasteiger partial charge in [0, 0.05) is 22.9 Å². The number of ether oxygens (including phenoxy) is 1. The Bertz CT molecular complexity index is 397. The molecule has 15 heavy (non-hydrogen) atoms. The van der Waals surface area contributed by atoms with Crippen LogP contribution in [0.4, 0.5) is 0 Å². The van der Waals surface area contributed by atoms with E-state index in [1.54, 1.807) is 24.3 Å². The third-order valence-electron chi connectivity index (χ3n) is 2.31. The van der Waals surface area contributed by atoms with Crippen LogP contribution in [0.5, 0.6) is 0 Å². The van der Waals surface area contributed by atoms with Gasteiger partial charge in [0.15, 0.2) is 6.10 Å². The number of Topliss-reactive ketones (excluding diaryl/α,β-unsaturated/α-hetero) is 1. The highest BCUT2D eigenvalue weighted by molar-refractivity contribution is 9.10. The minimum Gasteiger partial charge on any atom is -0.454 e. The number of esters is 1. The van der Waals surface area contributed by atoms with Crippen LogP contribution in [0.15, 0.2) is 28.7 Å². The number of carbonyl (C=O) groups excluding carboxylic acids is 2. The van der Waals surface area contributed by atoms with Gasteiger partial charge in [-0.15, -0.1) is 0 Å². The molecule has 0 spiro atoms. The van der Waals surface area contributed by atoms with Crippen molar-refractivity contribution in [3.05, 3.63) is 34.3 Å². The summed E-state index contributed by atoms with van der Waals surface area (Å²) in [5.74, 6) is -0.404. The molecule has 1 aromatic carbocycles. The number of rotatable bonds is 2. The first-order valence-electron chi connectivity index (χ1n) is 4.66. The summed E-state index contributed by atoms with van der Waals surface area (Å²) in [4.78, 5) is 22.7. The third-order valence-corrected chi connectivity index (χ3v) is 2.83. The Morgan fingerprint density at radius 2 is 2.00 bits per heavy atom. The van der Waals surface area contributed by atoms with Crippen molar-refractivity contribution in [2.75, 3.05) is 0 Å². The molecule has 78 valence electrons. The molecular formula is C11H9BrO3. The topological polar surface area (TPSA) is 43.4 Å². The molecule has 3 nitrogen and oxygen atoms in total. The second-order valence-electron chi connectivity index (χ2n) is 3.39. The van der Waals surface area contributed by atoms with E-state index in [-0.39, 0.29) is 11.8 Å². The van der Waals surface area contributed by atoms with Gasteiger partial charge < -0.3 is 4.74 Å². The number of hydrogen-bond acceptors (Lipinski definition) is 3. The van der Waals surface area contributed by atoms with Gasteiger partial charge in [-0.05, 0) is 12.1 Å². The lowest BCUT2D eigenvalue weighted by Crippen LogP contribution is -2.20. The second-order valence-corrected chi connectivity index (χ2v) is 4.30. The molecule has 1 fully saturated rings. The first-order valence-corrected chi connectivity index (χ1v) is 5.45. The zero-order chi connectivity index (χ0) is 10.8. The van der Waals surface area contributed by atoms with Crippen molar-refractivity contribution in [3.8, 4) is 0 Å². The van der Waals surface area contributed by atoms with Crippen molar-refractivity contribution in [2.45, 2.75) is 18.9 Å². The molecule has 0 radical (unpaired) electrons. The molecular weight excluding hydrogens is 260 g/mol. The summed E-state index contributed by atoms with van der Waals surface area (Å²) in [6, 6.07) is 7.03. The summed E-state index contributed by atoms with van der Waals surface area (Å²) in [6.45, 7) is 0. The minimum absolute atomic E-state index is 0.117. The number of benzene rings is 1. The number of hydrogen-bond donors (Lipinski definition) is 0. The van der Waals surface area contributed by atoms with Crippen LogP contribution < -0.4 is 0 Å². The maximum atomic E-state index is 11.8. The van der Waals surface area contributed by atoms with Crippen LogP contribution in [0.3, 0.4) is 0 Å². The molecule has 1 saturated heterocycles. The Hall–Kier alpha value is -1.16. The molecule has 1 heterocycles. The van der Waals surface area contributed by atoms with Gasteiger partial charge in [-0.25, -0.2) is 0 Å². The Balaban J connectivity index is 2.14. The fraction of sp³-hybridized carbons (Fsp3) is 0.273. The minimum atomic E-state index is -0.585. The van der Waals surface area contributed by atoms with E-state index >= 15 is 0 Å². The fourth-order valence-corrected chi connectivity index (χ4v) is 1.77. The number of carbonyl (C=O) groups is 2. The van der Waals surface area contributed by atoms with Crippen LogP contribution in [0.2, 0.25) is 0 Å². The zero-order valence-electron chi connectivity index (χ0n) is 7.90. The van der Waals surface area contributed by atoms with E-state index < -0.39 is 6.10 Å². The Labute approximate surface area is 95.6 Å². The molecule has 0 bridgehead atoms. The molecule has 0 amide bonds. The van der Waals surface area contributed by atoms with Crippen molar-refractivity contribution in [2.24, 2.45) is 0 Å². The Kier molecular flexibility index (Phi) is 2.86. The van der Waals surface area contributed by atoms with E-state index in [9.17, 15) is 9.59 Å². The predicted molar refractivity (Wildman–Crippen MR) is 57.6 cm³/mol. The maximum absolute atomic E-state index is 11.8. The van der Waals surface area contributed by atoms with Gasteiger partial charge in [0.05, 0.1) is 0 Å². The van der Waals surface area contributed by atoms with E-state index in [1.165, 1.54) is 0 Å². The van der Waals surface area contributed by atoms with Gasteiger partial charge in [-0.2, -0.15) is 0 Å². The average Bonchev–Trinajstić information content (AvgIpc) is 2.65. The summed E-state index contributed by atoms with van der Waals surface area (Å²) < 4.78 is 5.83. The van der Waals surface area contributed by atoms with Crippen LogP contribution in [0.1, 0.15) is 23.2 Å². The molecule has 0 aliphatic carbocycles. The van der Waals surface area contributed by atoms with Crippen LogP contribution in [-0.4, -0.2) is 17.9 Å². The first kappa shape index (κ1) is 10.4. The van der Waals surface area contributed by atoms with Crippen molar-refractivity contribution in [1.29, 1.82) is 0 Å². The van der Waals surface area contributed by atoms with E-state index in [0.717, 1.165) is 4.47 Å². The highest BCUT2D eigenvalue weighted by Gasteiger charge is 2.30. The summed E-state index contributed by atoms with van der Waals surface area (Å²) in [7, 11) is 0. The molecule has 0 N–H and O–H groups in total. The van der Waals surface area contributed by atoms with Gasteiger partial charge in [-0.3, -0.25) is 9.59 Å². The highest BCUT2D eigenvalue weighted by atomic mass is 79.9. The monoisotopic (exact) mass is 268 g/mol. The van der Waals surface area contributed by atoms with E-state index in [4.69, 9.17) is 4.74 Å². The number of cyclic esters (lactones) is 1. The van der Waals surface area contributed by atoms with Crippen molar-refractivity contribution in [3.63, 3.8) is 0 Å². The number of halogens is 1. The second kappa shape index (κ2) is 4.14. The van der Waals surface area contributed by atoms with E-state index in [1.807, 2.05) is 0 Å². The molecule has 0 aromatic heterocycles. The van der Waals surface area contributed by atoms with Crippen LogP contribution in [0, 0.1) is 0 Å². The molecule has 1 atom stereocenters. The molecule has 4 heteroatoms. The summed E-state index contributed by atoms with van der Waals surface area (Å²) in [5, 5.41) is 0. The smallest absolute Gasteiger partial charge is 0.306 e. The van der Waals surface area contributed by atoms with Crippen LogP contribution in [0.25, 0.3) is 0 Å². The Morgan fingerprint density at radius 3 is 2.53 bits per heavy atom. The molecule has 1 aliphatic heterocycles. The molecule has 1 unspecified atom stereocenters. The van der Waals surface area contributed by atoms with Crippen molar-refractivity contribution < 1.29 is 14.3 Å². The largest absolute Gasteiger partial charge is 0.454 e. The lowest BCUT2D eigenvalue weighted by atomic mass is 10.0. The molecule has 1 aliphatic rings. The normalized spacial score (nSPS) is 20.1. The summed E-state index contributed by atoms with van der Waals surface area (Å²) in [5.41, 5.74) is 0.581. The van der Waals surface area contributed by atoms with Gasteiger partial charge in [-0.1, -0.05) is 28.1 Å². The first-order chi connectivity index (χ1) is 7.16. The van der Waals surface area contributed by atoms with Gasteiger partial charge >= 0.3 is 5.97 Å². The predicted octanol–water partition coefficient (Wildman–Crippen LogP) is 2.34. The van der Waals surface area contributed by atoms with Gasteiger partial charge in [0.2, 0.25) is 5.78 Å². The van der Waals surface area contributed by atoms with Crippen LogP contribution >= 0.6 is 15.9 Å². The van der Waals surface area contributed by atoms with E-state index in [2.05, 4.69) is 15.9 Å². The third kappa shape index (κ3) is 2.26. The molecule has 2 rings (SSSR count). The Morgan fingerprint density at radius 1 is 1.33 bits per heavy atom. The number of ketones is 1. The quantitative estimate of drug-likeness (QED) is 0.611. The van der Waals surface area contributed by atoms with Gasteiger partial charge in [0.1, 0.15) is 0 Å². The molecule has 1 aromatic rings. The fourth-order valence-electron chi connectivity index (χ4n) is 1.51. The summed E-state index contributed by atoms with van der Waals surface area (Å²) >= 11 is 3.29.